The zero-order chi connectivity index (χ0) is 19.4. The van der Waals surface area contributed by atoms with Gasteiger partial charge in [0.25, 0.3) is 0 Å². The third-order valence-electron chi connectivity index (χ3n) is 4.96. The van der Waals surface area contributed by atoms with Gasteiger partial charge < -0.3 is 8.92 Å². The Morgan fingerprint density at radius 2 is 1.96 bits per heavy atom. The van der Waals surface area contributed by atoms with Crippen LogP contribution in [0.2, 0.25) is 0 Å². The van der Waals surface area contributed by atoms with E-state index in [4.69, 9.17) is 4.74 Å². The molecule has 3 rings (SSSR count). The second-order valence-corrected chi connectivity index (χ2v) is 8.09. The fourth-order valence-electron chi connectivity index (χ4n) is 3.77. The monoisotopic (exact) mass is 404 g/mol. The molecule has 2 aliphatic heterocycles. The molecule has 7 nitrogen and oxygen atoms in total. The zero-order valence-corrected chi connectivity index (χ0v) is 15.5. The van der Waals surface area contributed by atoms with E-state index in [1.54, 1.807) is 4.72 Å². The summed E-state index contributed by atoms with van der Waals surface area (Å²) in [6.07, 6.45) is 4.08. The predicted molar refractivity (Wildman–Crippen MR) is 92.3 cm³/mol. The minimum Gasteiger partial charge on any atom is -0.448 e. The molecular formula is C17H22F2N2O5S. The van der Waals surface area contributed by atoms with Gasteiger partial charge in [-0.15, -0.1) is 0 Å². The van der Waals surface area contributed by atoms with Crippen molar-refractivity contribution in [2.75, 3.05) is 19.7 Å². The van der Waals surface area contributed by atoms with Gasteiger partial charge in [0, 0.05) is 18.0 Å². The average Bonchev–Trinajstić information content (AvgIpc) is 2.62. The minimum absolute atomic E-state index is 0.105. The van der Waals surface area contributed by atoms with E-state index in [1.165, 1.54) is 6.42 Å². The third-order valence-corrected chi connectivity index (χ3v) is 5.77. The normalized spacial score (nSPS) is 23.3. The number of hydrogen-bond donors (Lipinski definition) is 1. The van der Waals surface area contributed by atoms with Gasteiger partial charge in [0.2, 0.25) is 0 Å². The van der Waals surface area contributed by atoms with Gasteiger partial charge in [-0.1, -0.05) is 6.42 Å². The predicted octanol–water partition coefficient (Wildman–Crippen LogP) is 2.58. The Kier molecular flexibility index (Phi) is 6.15. The SMILES string of the molecule is O=C(NS(=O)(=O)Oc1ccc(F)cc1F)OCC1CCCN2CCCCC12. The first-order valence-corrected chi connectivity index (χ1v) is 10.3. The van der Waals surface area contributed by atoms with Crippen molar-refractivity contribution in [2.45, 2.75) is 38.1 Å². The highest BCUT2D eigenvalue weighted by Crippen LogP contribution is 2.31. The van der Waals surface area contributed by atoms with E-state index in [-0.39, 0.29) is 12.5 Å². The second kappa shape index (κ2) is 8.39. The summed E-state index contributed by atoms with van der Waals surface area (Å²) >= 11 is 0. The Hall–Kier alpha value is -1.94. The summed E-state index contributed by atoms with van der Waals surface area (Å²) in [4.78, 5) is 14.2. The largest absolute Gasteiger partial charge is 0.448 e. The number of fused-ring (bicyclic) bond motifs is 1. The van der Waals surface area contributed by atoms with Crippen molar-refractivity contribution < 1.29 is 30.9 Å². The van der Waals surface area contributed by atoms with Gasteiger partial charge in [-0.3, -0.25) is 4.90 Å². The van der Waals surface area contributed by atoms with Crippen molar-refractivity contribution in [3.05, 3.63) is 29.8 Å². The smallest absolute Gasteiger partial charge is 0.423 e. The molecule has 2 aliphatic rings. The van der Waals surface area contributed by atoms with Gasteiger partial charge in [0.1, 0.15) is 5.82 Å². The Morgan fingerprint density at radius 3 is 2.74 bits per heavy atom. The van der Waals surface area contributed by atoms with Crippen LogP contribution in [-0.4, -0.2) is 45.1 Å². The van der Waals surface area contributed by atoms with Gasteiger partial charge in [0.15, 0.2) is 11.6 Å². The minimum atomic E-state index is -4.64. The highest BCUT2D eigenvalue weighted by Gasteiger charge is 2.34. The number of benzene rings is 1. The number of amides is 1. The molecule has 0 aliphatic carbocycles. The maximum absolute atomic E-state index is 13.5. The fraction of sp³-hybridized carbons (Fsp3) is 0.588. The summed E-state index contributed by atoms with van der Waals surface area (Å²) in [5.74, 6) is -2.65. The number of carbonyl (C=O) groups excluding carboxylic acids is 1. The summed E-state index contributed by atoms with van der Waals surface area (Å²) in [5, 5.41) is 0. The first-order chi connectivity index (χ1) is 12.8. The third kappa shape index (κ3) is 5.29. The standard InChI is InChI=1S/C17H22F2N2O5S/c18-13-6-7-16(14(19)10-13)26-27(23,24)20-17(22)25-11-12-4-3-9-21-8-2-1-5-15(12)21/h6-7,10,12,15H,1-5,8-9,11H2,(H,20,22). The van der Waals surface area contributed by atoms with Crippen molar-refractivity contribution in [2.24, 2.45) is 5.92 Å². The Labute approximate surface area is 156 Å². The second-order valence-electron chi connectivity index (χ2n) is 6.81. The molecule has 1 aromatic rings. The number of rotatable bonds is 5. The van der Waals surface area contributed by atoms with Crippen molar-refractivity contribution in [1.82, 2.24) is 9.62 Å². The van der Waals surface area contributed by atoms with Crippen LogP contribution in [0.5, 0.6) is 5.75 Å². The molecule has 10 heteroatoms. The molecule has 0 aromatic heterocycles. The molecule has 27 heavy (non-hydrogen) atoms. The van der Waals surface area contributed by atoms with Crippen LogP contribution in [0, 0.1) is 17.6 Å². The van der Waals surface area contributed by atoms with E-state index in [2.05, 4.69) is 9.08 Å². The number of nitrogens with one attached hydrogen (secondary N) is 1. The first kappa shape index (κ1) is 19.8. The highest BCUT2D eigenvalue weighted by atomic mass is 32.2. The van der Waals surface area contributed by atoms with E-state index in [0.717, 1.165) is 50.9 Å². The summed E-state index contributed by atoms with van der Waals surface area (Å²) in [6, 6.07) is 2.48. The summed E-state index contributed by atoms with van der Waals surface area (Å²) in [6.45, 7) is 2.19. The number of carbonyl (C=O) groups is 1. The maximum atomic E-state index is 13.5. The van der Waals surface area contributed by atoms with E-state index < -0.39 is 33.8 Å². The number of halogens is 2. The topological polar surface area (TPSA) is 84.9 Å². The fourth-order valence-corrected chi connectivity index (χ4v) is 4.44. The van der Waals surface area contributed by atoms with Gasteiger partial charge in [-0.25, -0.2) is 13.6 Å². The van der Waals surface area contributed by atoms with Gasteiger partial charge in [0.05, 0.1) is 6.61 Å². The molecule has 0 saturated carbocycles. The zero-order valence-electron chi connectivity index (χ0n) is 14.7. The molecule has 1 amide bonds. The van der Waals surface area contributed by atoms with Crippen molar-refractivity contribution in [1.29, 1.82) is 0 Å². The van der Waals surface area contributed by atoms with E-state index in [1.807, 2.05) is 0 Å². The molecule has 0 radical (unpaired) electrons. The Balaban J connectivity index is 1.52. The van der Waals surface area contributed by atoms with E-state index in [9.17, 15) is 22.0 Å². The molecule has 0 spiro atoms. The molecule has 2 fully saturated rings. The van der Waals surface area contributed by atoms with Gasteiger partial charge in [-0.05, 0) is 50.9 Å². The summed E-state index contributed by atoms with van der Waals surface area (Å²) in [5.41, 5.74) is 0. The van der Waals surface area contributed by atoms with E-state index in [0.29, 0.717) is 12.1 Å². The molecule has 2 unspecified atom stereocenters. The van der Waals surface area contributed by atoms with Crippen molar-refractivity contribution in [3.8, 4) is 5.75 Å². The molecule has 1 N–H and O–H groups in total. The van der Waals surface area contributed by atoms with Crippen LogP contribution in [0.15, 0.2) is 18.2 Å². The van der Waals surface area contributed by atoms with E-state index >= 15 is 0 Å². The molecule has 150 valence electrons. The molecule has 1 aromatic carbocycles. The van der Waals surface area contributed by atoms with Crippen molar-refractivity contribution >= 4 is 16.4 Å². The molecule has 2 atom stereocenters. The van der Waals surface area contributed by atoms with Crippen LogP contribution in [-0.2, 0) is 15.0 Å². The molecule has 0 bridgehead atoms. The number of piperidine rings is 2. The van der Waals surface area contributed by atoms with Crippen molar-refractivity contribution in [3.63, 3.8) is 0 Å². The quantitative estimate of drug-likeness (QED) is 0.812. The lowest BCUT2D eigenvalue weighted by molar-refractivity contribution is 0.0244. The van der Waals surface area contributed by atoms with Crippen LogP contribution < -0.4 is 8.91 Å². The van der Waals surface area contributed by atoms with Crippen LogP contribution in [0.4, 0.5) is 13.6 Å². The molecular weight excluding hydrogens is 382 g/mol. The average molecular weight is 404 g/mol. The van der Waals surface area contributed by atoms with Crippen LogP contribution in [0.1, 0.15) is 32.1 Å². The van der Waals surface area contributed by atoms with Crippen LogP contribution >= 0.6 is 0 Å². The first-order valence-electron chi connectivity index (χ1n) is 8.92. The van der Waals surface area contributed by atoms with Gasteiger partial charge in [-0.2, -0.15) is 13.1 Å². The lowest BCUT2D eigenvalue weighted by Gasteiger charge is -2.44. The van der Waals surface area contributed by atoms with Crippen LogP contribution in [0.3, 0.4) is 0 Å². The van der Waals surface area contributed by atoms with Gasteiger partial charge >= 0.3 is 16.4 Å². The Bertz CT molecular complexity index is 788. The van der Waals surface area contributed by atoms with Crippen LogP contribution in [0.25, 0.3) is 0 Å². The molecule has 2 saturated heterocycles. The number of nitrogens with zero attached hydrogens (tertiary/aromatic N) is 1. The Morgan fingerprint density at radius 1 is 1.19 bits per heavy atom. The summed E-state index contributed by atoms with van der Waals surface area (Å²) < 4.78 is 61.1. The summed E-state index contributed by atoms with van der Waals surface area (Å²) in [7, 11) is -4.64. The highest BCUT2D eigenvalue weighted by molar-refractivity contribution is 7.85. The lowest BCUT2D eigenvalue weighted by atomic mass is 9.84. The number of hydrogen-bond acceptors (Lipinski definition) is 6. The number of ether oxygens (including phenoxy) is 1. The molecule has 2 heterocycles. The lowest BCUT2D eigenvalue weighted by Crippen LogP contribution is -2.49. The maximum Gasteiger partial charge on any atom is 0.423 e.